The van der Waals surface area contributed by atoms with Crippen LogP contribution in [0.1, 0.15) is 5.56 Å². The van der Waals surface area contributed by atoms with E-state index in [9.17, 15) is 14.4 Å². The zero-order valence-corrected chi connectivity index (χ0v) is 12.4. The number of carbonyl (C=O) groups excluding carboxylic acids is 3. The molecule has 1 aromatic rings. The first-order chi connectivity index (χ1) is 10.0. The van der Waals surface area contributed by atoms with Crippen LogP contribution in [0.2, 0.25) is 5.02 Å². The Labute approximate surface area is 127 Å². The Balaban J connectivity index is 1.97. The second-order valence-electron chi connectivity index (χ2n) is 4.85. The average molecular weight is 310 g/mol. The van der Waals surface area contributed by atoms with Crippen molar-refractivity contribution in [2.24, 2.45) is 0 Å². The van der Waals surface area contributed by atoms with Crippen LogP contribution in [-0.4, -0.2) is 54.2 Å². The van der Waals surface area contributed by atoms with E-state index < -0.39 is 11.8 Å². The normalized spacial score (nSPS) is 14.8. The molecule has 1 aliphatic heterocycles. The van der Waals surface area contributed by atoms with Crippen molar-refractivity contribution in [2.75, 3.05) is 31.5 Å². The summed E-state index contributed by atoms with van der Waals surface area (Å²) < 4.78 is 0. The van der Waals surface area contributed by atoms with E-state index >= 15 is 0 Å². The zero-order chi connectivity index (χ0) is 15.4. The van der Waals surface area contributed by atoms with Crippen LogP contribution in [0.4, 0.5) is 5.69 Å². The van der Waals surface area contributed by atoms with Gasteiger partial charge in [-0.05, 0) is 30.7 Å². The number of hydrogen-bond donors (Lipinski definition) is 1. The van der Waals surface area contributed by atoms with E-state index in [-0.39, 0.29) is 0 Å². The Morgan fingerprint density at radius 2 is 1.90 bits per heavy atom. The smallest absolute Gasteiger partial charge is 0.313 e. The van der Waals surface area contributed by atoms with Crippen molar-refractivity contribution in [2.45, 2.75) is 6.92 Å². The van der Waals surface area contributed by atoms with Gasteiger partial charge in [0, 0.05) is 36.9 Å². The fourth-order valence-electron chi connectivity index (χ4n) is 2.12. The fourth-order valence-corrected chi connectivity index (χ4v) is 2.34. The summed E-state index contributed by atoms with van der Waals surface area (Å²) in [5.74, 6) is -1.27. The molecule has 6 nitrogen and oxygen atoms in total. The summed E-state index contributed by atoms with van der Waals surface area (Å²) in [6, 6.07) is 5.02. The molecular weight excluding hydrogens is 294 g/mol. The van der Waals surface area contributed by atoms with Gasteiger partial charge >= 0.3 is 11.8 Å². The van der Waals surface area contributed by atoms with Crippen LogP contribution in [0.5, 0.6) is 0 Å². The number of benzene rings is 1. The lowest BCUT2D eigenvalue weighted by molar-refractivity contribution is -0.144. The quantitative estimate of drug-likeness (QED) is 0.651. The van der Waals surface area contributed by atoms with E-state index in [1.54, 1.807) is 30.0 Å². The number of anilines is 1. The van der Waals surface area contributed by atoms with Gasteiger partial charge in [-0.1, -0.05) is 11.6 Å². The molecule has 0 aromatic heterocycles. The Morgan fingerprint density at radius 1 is 1.24 bits per heavy atom. The van der Waals surface area contributed by atoms with Crippen LogP contribution in [0.3, 0.4) is 0 Å². The molecule has 0 unspecified atom stereocenters. The van der Waals surface area contributed by atoms with Gasteiger partial charge in [0.2, 0.25) is 6.41 Å². The molecule has 2 rings (SSSR count). The largest absolute Gasteiger partial charge is 0.342 e. The molecule has 1 fully saturated rings. The van der Waals surface area contributed by atoms with Crippen LogP contribution >= 0.6 is 11.6 Å². The highest BCUT2D eigenvalue weighted by Crippen LogP contribution is 2.19. The molecule has 1 aromatic carbocycles. The van der Waals surface area contributed by atoms with E-state index in [0.717, 1.165) is 12.0 Å². The maximum Gasteiger partial charge on any atom is 0.313 e. The predicted octanol–water partition coefficient (Wildman–Crippen LogP) is 0.888. The number of amides is 3. The van der Waals surface area contributed by atoms with Crippen molar-refractivity contribution in [1.82, 2.24) is 9.80 Å². The van der Waals surface area contributed by atoms with Gasteiger partial charge in [0.15, 0.2) is 0 Å². The summed E-state index contributed by atoms with van der Waals surface area (Å²) in [5.41, 5.74) is 1.35. The van der Waals surface area contributed by atoms with Crippen molar-refractivity contribution in [3.05, 3.63) is 28.8 Å². The lowest BCUT2D eigenvalue weighted by Crippen LogP contribution is -2.51. The van der Waals surface area contributed by atoms with E-state index in [0.29, 0.717) is 36.9 Å². The molecule has 112 valence electrons. The van der Waals surface area contributed by atoms with Crippen LogP contribution < -0.4 is 5.32 Å². The number of aryl methyl sites for hydroxylation is 1. The minimum Gasteiger partial charge on any atom is -0.342 e. The molecule has 1 N–H and O–H groups in total. The Morgan fingerprint density at radius 3 is 2.48 bits per heavy atom. The van der Waals surface area contributed by atoms with Gasteiger partial charge in [0.05, 0.1) is 0 Å². The van der Waals surface area contributed by atoms with Crippen LogP contribution in [-0.2, 0) is 14.4 Å². The van der Waals surface area contributed by atoms with Gasteiger partial charge in [0.1, 0.15) is 0 Å². The van der Waals surface area contributed by atoms with Crippen LogP contribution in [0.15, 0.2) is 18.2 Å². The van der Waals surface area contributed by atoms with E-state index in [1.165, 1.54) is 4.90 Å². The number of halogens is 1. The standard InChI is InChI=1S/C14H16ClN3O3/c1-10-8-11(15)2-3-12(10)16-13(20)14(21)18-6-4-17(9-19)5-7-18/h2-3,8-9H,4-7H2,1H3,(H,16,20). The van der Waals surface area contributed by atoms with Crippen molar-refractivity contribution in [3.63, 3.8) is 0 Å². The molecule has 1 saturated heterocycles. The summed E-state index contributed by atoms with van der Waals surface area (Å²) in [4.78, 5) is 37.7. The first-order valence-corrected chi connectivity index (χ1v) is 6.95. The first-order valence-electron chi connectivity index (χ1n) is 6.57. The SMILES string of the molecule is Cc1cc(Cl)ccc1NC(=O)C(=O)N1CCN(C=O)CC1. The number of carbonyl (C=O) groups is 3. The maximum atomic E-state index is 12.1. The Bertz CT molecular complexity index is 569. The predicted molar refractivity (Wildman–Crippen MR) is 79.0 cm³/mol. The van der Waals surface area contributed by atoms with Crippen LogP contribution in [0.25, 0.3) is 0 Å². The third kappa shape index (κ3) is 3.72. The minimum atomic E-state index is -0.681. The second kappa shape index (κ2) is 6.58. The van der Waals surface area contributed by atoms with Gasteiger partial charge < -0.3 is 15.1 Å². The van der Waals surface area contributed by atoms with Crippen molar-refractivity contribution >= 4 is 35.5 Å². The lowest BCUT2D eigenvalue weighted by atomic mass is 10.2. The first kappa shape index (κ1) is 15.3. The topological polar surface area (TPSA) is 69.7 Å². The number of rotatable bonds is 2. The summed E-state index contributed by atoms with van der Waals surface area (Å²) >= 11 is 5.84. The molecule has 0 saturated carbocycles. The van der Waals surface area contributed by atoms with Gasteiger partial charge in [0.25, 0.3) is 0 Å². The Kier molecular flexibility index (Phi) is 4.80. The summed E-state index contributed by atoms with van der Waals surface area (Å²) in [5, 5.41) is 3.16. The molecule has 0 radical (unpaired) electrons. The molecule has 0 spiro atoms. The summed E-state index contributed by atoms with van der Waals surface area (Å²) in [6.45, 7) is 3.43. The van der Waals surface area contributed by atoms with Crippen molar-refractivity contribution in [3.8, 4) is 0 Å². The molecule has 0 bridgehead atoms. The third-order valence-corrected chi connectivity index (χ3v) is 3.62. The third-order valence-electron chi connectivity index (χ3n) is 3.38. The highest BCUT2D eigenvalue weighted by Gasteiger charge is 2.25. The minimum absolute atomic E-state index is 0.366. The maximum absolute atomic E-state index is 12.1. The highest BCUT2D eigenvalue weighted by atomic mass is 35.5. The van der Waals surface area contributed by atoms with E-state index in [4.69, 9.17) is 11.6 Å². The zero-order valence-electron chi connectivity index (χ0n) is 11.6. The molecular formula is C14H16ClN3O3. The lowest BCUT2D eigenvalue weighted by Gasteiger charge is -2.32. The summed E-state index contributed by atoms with van der Waals surface area (Å²) in [7, 11) is 0. The monoisotopic (exact) mass is 309 g/mol. The van der Waals surface area contributed by atoms with Gasteiger partial charge in [-0.15, -0.1) is 0 Å². The molecule has 0 aliphatic carbocycles. The van der Waals surface area contributed by atoms with Crippen molar-refractivity contribution < 1.29 is 14.4 Å². The van der Waals surface area contributed by atoms with Gasteiger partial charge in [-0.2, -0.15) is 0 Å². The van der Waals surface area contributed by atoms with Crippen LogP contribution in [0, 0.1) is 6.92 Å². The molecule has 3 amide bonds. The van der Waals surface area contributed by atoms with Gasteiger partial charge in [-0.25, -0.2) is 0 Å². The fraction of sp³-hybridized carbons (Fsp3) is 0.357. The van der Waals surface area contributed by atoms with Gasteiger partial charge in [-0.3, -0.25) is 14.4 Å². The van der Waals surface area contributed by atoms with E-state index in [1.807, 2.05) is 0 Å². The number of hydrogen-bond acceptors (Lipinski definition) is 3. The number of nitrogens with zero attached hydrogens (tertiary/aromatic N) is 2. The summed E-state index contributed by atoms with van der Waals surface area (Å²) in [6.07, 6.45) is 0.749. The molecule has 1 heterocycles. The average Bonchev–Trinajstić information content (AvgIpc) is 2.49. The van der Waals surface area contributed by atoms with Crippen molar-refractivity contribution in [1.29, 1.82) is 0 Å². The number of nitrogens with one attached hydrogen (secondary N) is 1. The second-order valence-corrected chi connectivity index (χ2v) is 5.28. The van der Waals surface area contributed by atoms with E-state index in [2.05, 4.69) is 5.32 Å². The molecule has 21 heavy (non-hydrogen) atoms. The molecule has 1 aliphatic rings. The molecule has 7 heteroatoms. The number of piperazine rings is 1. The highest BCUT2D eigenvalue weighted by molar-refractivity contribution is 6.39. The molecule has 0 atom stereocenters. The Hall–Kier alpha value is -2.08.